The lowest BCUT2D eigenvalue weighted by atomic mass is 10.0. The maximum atomic E-state index is 12.3. The molecule has 0 saturated carbocycles. The van der Waals surface area contributed by atoms with Crippen molar-refractivity contribution in [3.63, 3.8) is 0 Å². The molecule has 1 aromatic carbocycles. The Hall–Kier alpha value is -1.94. The van der Waals surface area contributed by atoms with E-state index in [1.807, 2.05) is 0 Å². The zero-order chi connectivity index (χ0) is 15.3. The van der Waals surface area contributed by atoms with E-state index in [0.29, 0.717) is 0 Å². The van der Waals surface area contributed by atoms with Crippen LogP contribution in [0.2, 0.25) is 0 Å². The van der Waals surface area contributed by atoms with Gasteiger partial charge >= 0.3 is 12.3 Å². The quantitative estimate of drug-likeness (QED) is 0.632. The van der Waals surface area contributed by atoms with Crippen LogP contribution in [0.25, 0.3) is 0 Å². The van der Waals surface area contributed by atoms with Crippen molar-refractivity contribution in [1.82, 2.24) is 0 Å². The first-order chi connectivity index (χ1) is 9.32. The molecule has 0 atom stereocenters. The summed E-state index contributed by atoms with van der Waals surface area (Å²) in [5.74, 6) is -1.84. The molecule has 0 aliphatic carbocycles. The number of nitriles is 1. The largest absolute Gasteiger partial charge is 0.573 e. The topological polar surface area (TPSA) is 59.3 Å². The van der Waals surface area contributed by atoms with Crippen molar-refractivity contribution in [2.75, 3.05) is 6.61 Å². The van der Waals surface area contributed by atoms with E-state index in [-0.39, 0.29) is 23.6 Å². The van der Waals surface area contributed by atoms with Crippen LogP contribution in [0.3, 0.4) is 0 Å². The summed E-state index contributed by atoms with van der Waals surface area (Å²) < 4.78 is 45.3. The predicted octanol–water partition coefficient (Wildman–Crippen LogP) is 3.37. The molecule has 1 aromatic rings. The summed E-state index contributed by atoms with van der Waals surface area (Å²) >= 11 is 5.55. The molecular weight excluding hydrogens is 299 g/mol. The fourth-order valence-corrected chi connectivity index (χ4v) is 1.59. The van der Waals surface area contributed by atoms with Crippen molar-refractivity contribution < 1.29 is 27.4 Å². The Morgan fingerprint density at radius 1 is 1.45 bits per heavy atom. The molecule has 0 N–H and O–H groups in total. The molecule has 1 rings (SSSR count). The third-order valence-electron chi connectivity index (χ3n) is 2.15. The third kappa shape index (κ3) is 4.03. The Bertz CT molecular complexity index is 552. The second kappa shape index (κ2) is 6.48. The summed E-state index contributed by atoms with van der Waals surface area (Å²) in [6.45, 7) is 1.55. The van der Waals surface area contributed by atoms with E-state index in [9.17, 15) is 18.0 Å². The van der Waals surface area contributed by atoms with Crippen molar-refractivity contribution in [1.29, 1.82) is 5.26 Å². The molecule has 0 fully saturated rings. The number of ether oxygens (including phenoxy) is 2. The minimum atomic E-state index is -4.98. The third-order valence-corrected chi connectivity index (χ3v) is 2.46. The summed E-state index contributed by atoms with van der Waals surface area (Å²) in [5.41, 5.74) is -0.658. The molecular formula is C12H9ClF3NO3. The van der Waals surface area contributed by atoms with Crippen LogP contribution in [-0.4, -0.2) is 18.9 Å². The summed E-state index contributed by atoms with van der Waals surface area (Å²) in [6, 6.07) is 3.67. The van der Waals surface area contributed by atoms with Gasteiger partial charge < -0.3 is 9.47 Å². The average Bonchev–Trinajstić information content (AvgIpc) is 2.36. The van der Waals surface area contributed by atoms with E-state index >= 15 is 0 Å². The fourth-order valence-electron chi connectivity index (χ4n) is 1.44. The highest BCUT2D eigenvalue weighted by Gasteiger charge is 2.33. The zero-order valence-electron chi connectivity index (χ0n) is 10.3. The molecule has 108 valence electrons. The standard InChI is InChI=1S/C12H9ClF3NO3/c1-2-19-11(18)8-3-7(5-13)4-10(9(8)6-17)20-12(14,15)16/h3-4H,2,5H2,1H3. The highest BCUT2D eigenvalue weighted by molar-refractivity contribution is 6.17. The molecule has 0 radical (unpaired) electrons. The SMILES string of the molecule is CCOC(=O)c1cc(CCl)cc(OC(F)(F)F)c1C#N. The minimum Gasteiger partial charge on any atom is -0.462 e. The zero-order valence-corrected chi connectivity index (χ0v) is 11.0. The molecule has 0 unspecified atom stereocenters. The van der Waals surface area contributed by atoms with Crippen LogP contribution in [-0.2, 0) is 10.6 Å². The van der Waals surface area contributed by atoms with Gasteiger partial charge in [0.2, 0.25) is 0 Å². The maximum absolute atomic E-state index is 12.3. The lowest BCUT2D eigenvalue weighted by Crippen LogP contribution is -2.19. The number of benzene rings is 1. The van der Waals surface area contributed by atoms with Gasteiger partial charge in [-0.15, -0.1) is 24.8 Å². The molecule has 0 saturated heterocycles. The van der Waals surface area contributed by atoms with Gasteiger partial charge in [0.05, 0.1) is 12.2 Å². The number of alkyl halides is 4. The molecule has 0 aromatic heterocycles. The van der Waals surface area contributed by atoms with Crippen molar-refractivity contribution in [2.24, 2.45) is 0 Å². The van der Waals surface area contributed by atoms with E-state index in [0.717, 1.165) is 6.07 Å². The molecule has 0 aliphatic rings. The number of rotatable bonds is 4. The minimum absolute atomic E-state index is 0.0181. The number of carbonyl (C=O) groups excluding carboxylic acids is 1. The Balaban J connectivity index is 3.40. The Labute approximate surface area is 117 Å². The van der Waals surface area contributed by atoms with Crippen molar-refractivity contribution >= 4 is 17.6 Å². The predicted molar refractivity (Wildman–Crippen MR) is 63.4 cm³/mol. The van der Waals surface area contributed by atoms with Gasteiger partial charge in [0.15, 0.2) is 0 Å². The highest BCUT2D eigenvalue weighted by atomic mass is 35.5. The molecule has 20 heavy (non-hydrogen) atoms. The monoisotopic (exact) mass is 307 g/mol. The van der Waals surface area contributed by atoms with Gasteiger partial charge in [-0.05, 0) is 24.6 Å². The number of esters is 1. The van der Waals surface area contributed by atoms with Crippen molar-refractivity contribution in [3.05, 3.63) is 28.8 Å². The van der Waals surface area contributed by atoms with Crippen LogP contribution >= 0.6 is 11.6 Å². The first-order valence-corrected chi connectivity index (χ1v) is 5.91. The van der Waals surface area contributed by atoms with Gasteiger partial charge in [0.25, 0.3) is 0 Å². The summed E-state index contributed by atoms with van der Waals surface area (Å²) in [7, 11) is 0. The highest BCUT2D eigenvalue weighted by Crippen LogP contribution is 2.30. The van der Waals surface area contributed by atoms with Crippen molar-refractivity contribution in [2.45, 2.75) is 19.2 Å². The van der Waals surface area contributed by atoms with Crippen LogP contribution in [0, 0.1) is 11.3 Å². The van der Waals surface area contributed by atoms with Gasteiger partial charge in [0.1, 0.15) is 17.4 Å². The number of halogens is 4. The van der Waals surface area contributed by atoms with E-state index in [1.165, 1.54) is 19.1 Å². The molecule has 0 amide bonds. The average molecular weight is 308 g/mol. The van der Waals surface area contributed by atoms with Crippen LogP contribution < -0.4 is 4.74 Å². The number of hydrogen-bond donors (Lipinski definition) is 0. The van der Waals surface area contributed by atoms with Crippen LogP contribution in [0.4, 0.5) is 13.2 Å². The normalized spacial score (nSPS) is 10.8. The Morgan fingerprint density at radius 3 is 2.55 bits per heavy atom. The van der Waals surface area contributed by atoms with E-state index in [1.54, 1.807) is 0 Å². The van der Waals surface area contributed by atoms with Gasteiger partial charge in [-0.3, -0.25) is 0 Å². The van der Waals surface area contributed by atoms with Gasteiger partial charge in [0, 0.05) is 5.88 Å². The van der Waals surface area contributed by atoms with Crippen LogP contribution in [0.15, 0.2) is 12.1 Å². The van der Waals surface area contributed by atoms with E-state index in [2.05, 4.69) is 9.47 Å². The first kappa shape index (κ1) is 16.1. The number of nitrogens with zero attached hydrogens (tertiary/aromatic N) is 1. The second-order valence-corrected chi connectivity index (χ2v) is 3.80. The van der Waals surface area contributed by atoms with Gasteiger partial charge in [-0.1, -0.05) is 0 Å². The smallest absolute Gasteiger partial charge is 0.462 e. The number of hydrogen-bond acceptors (Lipinski definition) is 4. The molecule has 4 nitrogen and oxygen atoms in total. The summed E-state index contributed by atoms with van der Waals surface area (Å²) in [5, 5.41) is 8.94. The first-order valence-electron chi connectivity index (χ1n) is 5.38. The van der Waals surface area contributed by atoms with Gasteiger partial charge in [-0.2, -0.15) is 5.26 Å². The molecule has 0 bridgehead atoms. The van der Waals surface area contributed by atoms with Crippen molar-refractivity contribution in [3.8, 4) is 11.8 Å². The lowest BCUT2D eigenvalue weighted by molar-refractivity contribution is -0.274. The fraction of sp³-hybridized carbons (Fsp3) is 0.333. The van der Waals surface area contributed by atoms with E-state index in [4.69, 9.17) is 16.9 Å². The molecule has 0 aliphatic heterocycles. The lowest BCUT2D eigenvalue weighted by Gasteiger charge is -2.13. The summed E-state index contributed by atoms with van der Waals surface area (Å²) in [4.78, 5) is 11.7. The van der Waals surface area contributed by atoms with Gasteiger partial charge in [-0.25, -0.2) is 4.79 Å². The summed E-state index contributed by atoms with van der Waals surface area (Å²) in [6.07, 6.45) is -4.98. The van der Waals surface area contributed by atoms with Crippen LogP contribution in [0.5, 0.6) is 5.75 Å². The van der Waals surface area contributed by atoms with E-state index < -0.39 is 23.6 Å². The maximum Gasteiger partial charge on any atom is 0.573 e. The Kier molecular flexibility index (Phi) is 5.22. The van der Waals surface area contributed by atoms with Crippen LogP contribution in [0.1, 0.15) is 28.4 Å². The number of carbonyl (C=O) groups is 1. The second-order valence-electron chi connectivity index (χ2n) is 3.53. The Morgan fingerprint density at radius 2 is 2.10 bits per heavy atom. The molecule has 0 spiro atoms. The molecule has 8 heteroatoms. The molecule has 0 heterocycles.